The number of hydrogen-bond acceptors (Lipinski definition) is 5. The molecular formula is C20H29N3O4. The van der Waals surface area contributed by atoms with E-state index >= 15 is 0 Å². The third kappa shape index (κ3) is 4.03. The standard InChI is InChI=1S/C20H29N3O4/c1-20(12-26-13-20)11-22(4)18(24)9-15-10-27-17-7-6-14(19(25)21(2)3)8-16(17)23(15)5/h6-8,15H,9-13H2,1-5H3. The van der Waals surface area contributed by atoms with Crippen molar-refractivity contribution in [1.82, 2.24) is 9.80 Å². The van der Waals surface area contributed by atoms with Crippen LogP contribution in [-0.2, 0) is 9.53 Å². The third-order valence-corrected chi connectivity index (χ3v) is 5.33. The third-order valence-electron chi connectivity index (χ3n) is 5.33. The molecule has 2 aliphatic heterocycles. The van der Waals surface area contributed by atoms with Crippen molar-refractivity contribution in [1.29, 1.82) is 0 Å². The van der Waals surface area contributed by atoms with Crippen molar-refractivity contribution in [2.45, 2.75) is 19.4 Å². The number of carbonyl (C=O) groups is 2. The van der Waals surface area contributed by atoms with E-state index in [2.05, 4.69) is 6.92 Å². The lowest BCUT2D eigenvalue weighted by Gasteiger charge is -2.41. The van der Waals surface area contributed by atoms with E-state index in [1.807, 2.05) is 31.1 Å². The molecular weight excluding hydrogens is 346 g/mol. The molecule has 2 aliphatic rings. The van der Waals surface area contributed by atoms with Crippen molar-refractivity contribution in [3.05, 3.63) is 23.8 Å². The summed E-state index contributed by atoms with van der Waals surface area (Å²) in [6, 6.07) is 5.37. The number of nitrogens with zero attached hydrogens (tertiary/aromatic N) is 3. The Balaban J connectivity index is 1.68. The molecule has 7 nitrogen and oxygen atoms in total. The first kappa shape index (κ1) is 19.5. The van der Waals surface area contributed by atoms with Crippen molar-refractivity contribution in [3.8, 4) is 5.75 Å². The highest BCUT2D eigenvalue weighted by Gasteiger charge is 2.36. The lowest BCUT2D eigenvalue weighted by atomic mass is 9.88. The van der Waals surface area contributed by atoms with Crippen LogP contribution < -0.4 is 9.64 Å². The van der Waals surface area contributed by atoms with Crippen LogP contribution in [0.1, 0.15) is 23.7 Å². The van der Waals surface area contributed by atoms with Gasteiger partial charge >= 0.3 is 0 Å². The second-order valence-corrected chi connectivity index (χ2v) is 8.22. The van der Waals surface area contributed by atoms with Gasteiger partial charge in [-0.15, -0.1) is 0 Å². The molecule has 1 saturated heterocycles. The van der Waals surface area contributed by atoms with Gasteiger partial charge in [0, 0.05) is 45.7 Å². The van der Waals surface area contributed by atoms with Crippen molar-refractivity contribution >= 4 is 17.5 Å². The van der Waals surface area contributed by atoms with E-state index in [4.69, 9.17) is 9.47 Å². The summed E-state index contributed by atoms with van der Waals surface area (Å²) in [5, 5.41) is 0. The highest BCUT2D eigenvalue weighted by atomic mass is 16.5. The van der Waals surface area contributed by atoms with Gasteiger partial charge in [0.25, 0.3) is 5.91 Å². The van der Waals surface area contributed by atoms with Gasteiger partial charge < -0.3 is 24.2 Å². The van der Waals surface area contributed by atoms with Crippen LogP contribution in [0.4, 0.5) is 5.69 Å². The first-order valence-electron chi connectivity index (χ1n) is 9.23. The number of amides is 2. The Bertz CT molecular complexity index is 730. The molecule has 1 aromatic rings. The minimum Gasteiger partial charge on any atom is -0.489 e. The maximum Gasteiger partial charge on any atom is 0.253 e. The molecule has 1 atom stereocenters. The molecule has 3 rings (SSSR count). The van der Waals surface area contributed by atoms with Gasteiger partial charge in [0.2, 0.25) is 5.91 Å². The zero-order valence-electron chi connectivity index (χ0n) is 16.8. The van der Waals surface area contributed by atoms with Crippen LogP contribution in [0.15, 0.2) is 18.2 Å². The number of carbonyl (C=O) groups excluding carboxylic acids is 2. The predicted octanol–water partition coefficient (Wildman–Crippen LogP) is 1.47. The first-order valence-corrected chi connectivity index (χ1v) is 9.23. The van der Waals surface area contributed by atoms with Crippen molar-refractivity contribution in [2.75, 3.05) is 59.5 Å². The number of ether oxygens (including phenoxy) is 2. The Morgan fingerprint density at radius 3 is 2.56 bits per heavy atom. The summed E-state index contributed by atoms with van der Waals surface area (Å²) in [7, 11) is 7.25. The molecule has 2 heterocycles. The molecule has 0 spiro atoms. The van der Waals surface area contributed by atoms with Gasteiger partial charge in [-0.1, -0.05) is 6.92 Å². The van der Waals surface area contributed by atoms with E-state index < -0.39 is 0 Å². The van der Waals surface area contributed by atoms with E-state index in [9.17, 15) is 9.59 Å². The Hall–Kier alpha value is -2.28. The van der Waals surface area contributed by atoms with Gasteiger partial charge in [0.15, 0.2) is 0 Å². The second kappa shape index (κ2) is 7.38. The molecule has 148 valence electrons. The van der Waals surface area contributed by atoms with Crippen molar-refractivity contribution in [2.24, 2.45) is 5.41 Å². The molecule has 0 aromatic heterocycles. The number of anilines is 1. The van der Waals surface area contributed by atoms with Gasteiger partial charge in [-0.3, -0.25) is 9.59 Å². The second-order valence-electron chi connectivity index (χ2n) is 8.22. The lowest BCUT2D eigenvalue weighted by Crippen LogP contribution is -2.50. The average Bonchev–Trinajstić information content (AvgIpc) is 2.61. The molecule has 1 fully saturated rings. The summed E-state index contributed by atoms with van der Waals surface area (Å²) < 4.78 is 11.1. The molecule has 0 N–H and O–H groups in total. The minimum atomic E-state index is -0.0670. The molecule has 1 aromatic carbocycles. The Labute approximate surface area is 160 Å². The summed E-state index contributed by atoms with van der Waals surface area (Å²) in [5.41, 5.74) is 1.51. The Morgan fingerprint density at radius 2 is 1.96 bits per heavy atom. The van der Waals surface area contributed by atoms with E-state index in [0.29, 0.717) is 38.3 Å². The van der Waals surface area contributed by atoms with Crippen LogP contribution in [0, 0.1) is 5.41 Å². The number of fused-ring (bicyclic) bond motifs is 1. The van der Waals surface area contributed by atoms with Crippen molar-refractivity contribution < 1.29 is 19.1 Å². The maximum atomic E-state index is 12.7. The SMILES string of the molecule is CN(C)C(=O)c1ccc2c(c1)N(C)C(CC(=O)N(C)CC1(C)COC1)CO2. The molecule has 27 heavy (non-hydrogen) atoms. The first-order chi connectivity index (χ1) is 12.7. The smallest absolute Gasteiger partial charge is 0.253 e. The molecule has 0 aliphatic carbocycles. The fourth-order valence-electron chi connectivity index (χ4n) is 3.56. The van der Waals surface area contributed by atoms with Gasteiger partial charge in [-0.05, 0) is 18.2 Å². The zero-order valence-corrected chi connectivity index (χ0v) is 16.8. The number of rotatable bonds is 5. The summed E-state index contributed by atoms with van der Waals surface area (Å²) in [4.78, 5) is 30.3. The van der Waals surface area contributed by atoms with Gasteiger partial charge in [0.05, 0.1) is 31.4 Å². The minimum absolute atomic E-state index is 0.0555. The van der Waals surface area contributed by atoms with Crippen LogP contribution in [0.3, 0.4) is 0 Å². The fourth-order valence-corrected chi connectivity index (χ4v) is 3.56. The molecule has 1 unspecified atom stereocenters. The molecule has 7 heteroatoms. The molecule has 0 radical (unpaired) electrons. The largest absolute Gasteiger partial charge is 0.489 e. The molecule has 0 saturated carbocycles. The zero-order chi connectivity index (χ0) is 19.8. The Morgan fingerprint density at radius 1 is 1.26 bits per heavy atom. The fraction of sp³-hybridized carbons (Fsp3) is 0.600. The lowest BCUT2D eigenvalue weighted by molar-refractivity contribution is -0.142. The highest BCUT2D eigenvalue weighted by molar-refractivity contribution is 5.95. The topological polar surface area (TPSA) is 62.3 Å². The summed E-state index contributed by atoms with van der Waals surface area (Å²) in [5.74, 6) is 0.775. The summed E-state index contributed by atoms with van der Waals surface area (Å²) in [6.07, 6.45) is 0.370. The molecule has 0 bridgehead atoms. The highest BCUT2D eigenvalue weighted by Crippen LogP contribution is 2.35. The van der Waals surface area contributed by atoms with Crippen LogP contribution >= 0.6 is 0 Å². The van der Waals surface area contributed by atoms with Gasteiger partial charge in [-0.25, -0.2) is 0 Å². The van der Waals surface area contributed by atoms with Gasteiger partial charge in [-0.2, -0.15) is 0 Å². The Kier molecular flexibility index (Phi) is 5.33. The summed E-state index contributed by atoms with van der Waals surface area (Å²) in [6.45, 7) is 4.68. The van der Waals surface area contributed by atoms with Crippen LogP contribution in [0.5, 0.6) is 5.75 Å². The maximum absolute atomic E-state index is 12.7. The van der Waals surface area contributed by atoms with E-state index in [1.54, 1.807) is 30.0 Å². The van der Waals surface area contributed by atoms with Crippen LogP contribution in [0.2, 0.25) is 0 Å². The van der Waals surface area contributed by atoms with E-state index in [0.717, 1.165) is 11.4 Å². The summed E-state index contributed by atoms with van der Waals surface area (Å²) >= 11 is 0. The quantitative estimate of drug-likeness (QED) is 0.780. The van der Waals surface area contributed by atoms with Crippen molar-refractivity contribution in [3.63, 3.8) is 0 Å². The van der Waals surface area contributed by atoms with Crippen LogP contribution in [-0.4, -0.2) is 82.2 Å². The van der Waals surface area contributed by atoms with Crippen LogP contribution in [0.25, 0.3) is 0 Å². The average molecular weight is 375 g/mol. The number of benzene rings is 1. The van der Waals surface area contributed by atoms with E-state index in [1.165, 1.54) is 0 Å². The number of likely N-dealkylation sites (N-methyl/N-ethyl adjacent to an activating group) is 1. The normalized spacial score (nSPS) is 20.2. The molecule has 2 amide bonds. The predicted molar refractivity (Wildman–Crippen MR) is 103 cm³/mol. The monoisotopic (exact) mass is 375 g/mol. The van der Waals surface area contributed by atoms with Gasteiger partial charge in [0.1, 0.15) is 12.4 Å². The van der Waals surface area contributed by atoms with E-state index in [-0.39, 0.29) is 23.3 Å². The number of hydrogen-bond donors (Lipinski definition) is 0.